The van der Waals surface area contributed by atoms with Gasteiger partial charge in [0.15, 0.2) is 0 Å². The number of amides is 1. The van der Waals surface area contributed by atoms with E-state index in [2.05, 4.69) is 15.2 Å². The Morgan fingerprint density at radius 1 is 1.26 bits per heavy atom. The number of imidazole rings is 1. The van der Waals surface area contributed by atoms with Crippen molar-refractivity contribution in [2.75, 3.05) is 0 Å². The fraction of sp³-hybridized carbons (Fsp3) is 0. The van der Waals surface area contributed by atoms with E-state index in [-0.39, 0.29) is 5.82 Å². The van der Waals surface area contributed by atoms with Crippen molar-refractivity contribution in [1.29, 1.82) is 0 Å². The highest BCUT2D eigenvalue weighted by Gasteiger charge is 2.15. The fourth-order valence-corrected chi connectivity index (χ4v) is 1.96. The van der Waals surface area contributed by atoms with Gasteiger partial charge in [0.1, 0.15) is 5.69 Å². The van der Waals surface area contributed by atoms with Gasteiger partial charge in [-0.2, -0.15) is 5.10 Å². The van der Waals surface area contributed by atoms with E-state index in [1.165, 1.54) is 6.20 Å². The Bertz CT molecular complexity index is 713. The van der Waals surface area contributed by atoms with E-state index in [1.807, 2.05) is 30.3 Å². The molecule has 0 fully saturated rings. The number of aromatic nitrogens is 4. The monoisotopic (exact) mass is 253 g/mol. The van der Waals surface area contributed by atoms with Crippen molar-refractivity contribution in [2.45, 2.75) is 0 Å². The molecule has 6 heteroatoms. The summed E-state index contributed by atoms with van der Waals surface area (Å²) in [6.07, 6.45) is 4.91. The summed E-state index contributed by atoms with van der Waals surface area (Å²) in [6.45, 7) is 0. The number of benzene rings is 1. The molecule has 0 saturated carbocycles. The molecule has 3 aromatic rings. The molecule has 0 radical (unpaired) electrons. The molecule has 0 saturated heterocycles. The summed E-state index contributed by atoms with van der Waals surface area (Å²) in [6, 6.07) is 9.68. The highest BCUT2D eigenvalue weighted by Crippen LogP contribution is 2.24. The van der Waals surface area contributed by atoms with Crippen molar-refractivity contribution in [3.8, 4) is 16.9 Å². The zero-order valence-corrected chi connectivity index (χ0v) is 9.95. The van der Waals surface area contributed by atoms with Gasteiger partial charge in [-0.1, -0.05) is 30.3 Å². The van der Waals surface area contributed by atoms with Crippen molar-refractivity contribution >= 4 is 5.91 Å². The number of aromatic amines is 1. The molecule has 6 nitrogen and oxygen atoms in total. The van der Waals surface area contributed by atoms with E-state index >= 15 is 0 Å². The van der Waals surface area contributed by atoms with Crippen LogP contribution in [0.5, 0.6) is 0 Å². The number of carbonyl (C=O) groups is 1. The van der Waals surface area contributed by atoms with Gasteiger partial charge in [-0.15, -0.1) is 0 Å². The first-order chi connectivity index (χ1) is 9.27. The van der Waals surface area contributed by atoms with E-state index in [4.69, 9.17) is 5.73 Å². The summed E-state index contributed by atoms with van der Waals surface area (Å²) in [4.78, 5) is 15.3. The number of nitrogens with zero attached hydrogens (tertiary/aromatic N) is 3. The zero-order chi connectivity index (χ0) is 13.2. The average molecular weight is 253 g/mol. The van der Waals surface area contributed by atoms with Crippen LogP contribution in [0.15, 0.2) is 48.9 Å². The maximum atomic E-state index is 11.3. The molecule has 0 spiro atoms. The summed E-state index contributed by atoms with van der Waals surface area (Å²) in [5.74, 6) is -0.399. The molecule has 2 heterocycles. The van der Waals surface area contributed by atoms with Crippen LogP contribution in [-0.4, -0.2) is 25.7 Å². The smallest absolute Gasteiger partial charge is 0.285 e. The minimum Gasteiger partial charge on any atom is -0.363 e. The minimum absolute atomic E-state index is 0.179. The second kappa shape index (κ2) is 4.41. The maximum Gasteiger partial charge on any atom is 0.285 e. The molecule has 94 valence electrons. The Morgan fingerprint density at radius 2 is 2.05 bits per heavy atom. The third-order valence-electron chi connectivity index (χ3n) is 2.79. The molecule has 1 aromatic carbocycles. The second-order valence-electron chi connectivity index (χ2n) is 3.97. The van der Waals surface area contributed by atoms with Gasteiger partial charge in [0.25, 0.3) is 5.91 Å². The quantitative estimate of drug-likeness (QED) is 0.738. The molecule has 1 amide bonds. The lowest BCUT2D eigenvalue weighted by Crippen LogP contribution is -2.17. The standard InChI is InChI=1S/C13H11N5O/c14-12(19)13-15-6-7-18(13)10-8-16-17-11(10)9-4-2-1-3-5-9/h1-8H,(H2,14,19)(H,16,17). The lowest BCUT2D eigenvalue weighted by molar-refractivity contribution is 0.0989. The first-order valence-corrected chi connectivity index (χ1v) is 5.70. The minimum atomic E-state index is -0.579. The highest BCUT2D eigenvalue weighted by atomic mass is 16.1. The van der Waals surface area contributed by atoms with Crippen LogP contribution in [-0.2, 0) is 0 Å². The second-order valence-corrected chi connectivity index (χ2v) is 3.97. The number of carbonyl (C=O) groups excluding carboxylic acids is 1. The Morgan fingerprint density at radius 3 is 2.79 bits per heavy atom. The number of primary amides is 1. The molecule has 0 unspecified atom stereocenters. The van der Waals surface area contributed by atoms with Crippen molar-refractivity contribution in [3.63, 3.8) is 0 Å². The number of nitrogens with one attached hydrogen (secondary N) is 1. The Kier molecular flexibility index (Phi) is 2.60. The normalized spacial score (nSPS) is 10.5. The summed E-state index contributed by atoms with van der Waals surface area (Å²) in [5, 5.41) is 7.02. The molecule has 0 aliphatic heterocycles. The van der Waals surface area contributed by atoms with Gasteiger partial charge in [-0.05, 0) is 0 Å². The Hall–Kier alpha value is -2.89. The van der Waals surface area contributed by atoms with Crippen molar-refractivity contribution in [2.24, 2.45) is 5.73 Å². The average Bonchev–Trinajstić information content (AvgIpc) is 3.08. The van der Waals surface area contributed by atoms with Crippen LogP contribution in [0.2, 0.25) is 0 Å². The van der Waals surface area contributed by atoms with Crippen LogP contribution in [0.4, 0.5) is 0 Å². The van der Waals surface area contributed by atoms with Crippen LogP contribution < -0.4 is 5.73 Å². The third-order valence-corrected chi connectivity index (χ3v) is 2.79. The Balaban J connectivity index is 2.15. The lowest BCUT2D eigenvalue weighted by Gasteiger charge is -2.05. The third kappa shape index (κ3) is 1.89. The predicted molar refractivity (Wildman–Crippen MR) is 69.7 cm³/mol. The predicted octanol–water partition coefficient (Wildman–Crippen LogP) is 1.36. The van der Waals surface area contributed by atoms with Gasteiger partial charge in [-0.3, -0.25) is 14.5 Å². The molecular weight excluding hydrogens is 242 g/mol. The molecule has 3 rings (SSSR count). The molecule has 3 N–H and O–H groups in total. The molecule has 0 aliphatic rings. The summed E-state index contributed by atoms with van der Waals surface area (Å²) in [7, 11) is 0. The summed E-state index contributed by atoms with van der Waals surface area (Å²) in [5.41, 5.74) is 7.72. The zero-order valence-electron chi connectivity index (χ0n) is 9.95. The van der Waals surface area contributed by atoms with Crippen LogP contribution >= 0.6 is 0 Å². The highest BCUT2D eigenvalue weighted by molar-refractivity contribution is 5.90. The first-order valence-electron chi connectivity index (χ1n) is 5.70. The molecule has 0 bridgehead atoms. The van der Waals surface area contributed by atoms with Crippen molar-refractivity contribution in [3.05, 3.63) is 54.7 Å². The fourth-order valence-electron chi connectivity index (χ4n) is 1.96. The van der Waals surface area contributed by atoms with E-state index in [1.54, 1.807) is 17.0 Å². The van der Waals surface area contributed by atoms with Gasteiger partial charge in [0.05, 0.1) is 5.69 Å². The van der Waals surface area contributed by atoms with Crippen molar-refractivity contribution in [1.82, 2.24) is 19.7 Å². The first kappa shape index (κ1) is 11.2. The van der Waals surface area contributed by atoms with Gasteiger partial charge >= 0.3 is 0 Å². The Labute approximate surface area is 108 Å². The van der Waals surface area contributed by atoms with E-state index in [0.717, 1.165) is 16.9 Å². The number of H-pyrrole nitrogens is 1. The van der Waals surface area contributed by atoms with E-state index < -0.39 is 5.91 Å². The summed E-state index contributed by atoms with van der Waals surface area (Å²) < 4.78 is 1.62. The van der Waals surface area contributed by atoms with Crippen LogP contribution in [0.3, 0.4) is 0 Å². The lowest BCUT2D eigenvalue weighted by atomic mass is 10.1. The number of hydrogen-bond acceptors (Lipinski definition) is 3. The molecule has 2 aromatic heterocycles. The number of nitrogens with two attached hydrogens (primary N) is 1. The molecular formula is C13H11N5O. The molecule has 0 aliphatic carbocycles. The SMILES string of the molecule is NC(=O)c1nccn1-c1c[nH]nc1-c1ccccc1. The van der Waals surface area contributed by atoms with Crippen LogP contribution in [0.1, 0.15) is 10.6 Å². The van der Waals surface area contributed by atoms with Gasteiger partial charge < -0.3 is 5.73 Å². The number of rotatable bonds is 3. The van der Waals surface area contributed by atoms with E-state index in [9.17, 15) is 4.79 Å². The van der Waals surface area contributed by atoms with Gasteiger partial charge in [0, 0.05) is 24.2 Å². The number of hydrogen-bond donors (Lipinski definition) is 2. The largest absolute Gasteiger partial charge is 0.363 e. The molecule has 0 atom stereocenters. The van der Waals surface area contributed by atoms with Crippen LogP contribution in [0.25, 0.3) is 16.9 Å². The summed E-state index contributed by atoms with van der Waals surface area (Å²) >= 11 is 0. The molecule has 19 heavy (non-hydrogen) atoms. The van der Waals surface area contributed by atoms with Gasteiger partial charge in [-0.25, -0.2) is 4.98 Å². The topological polar surface area (TPSA) is 89.6 Å². The van der Waals surface area contributed by atoms with Gasteiger partial charge in [0.2, 0.25) is 5.82 Å². The maximum absolute atomic E-state index is 11.3. The van der Waals surface area contributed by atoms with Crippen LogP contribution in [0, 0.1) is 0 Å². The van der Waals surface area contributed by atoms with Crippen molar-refractivity contribution < 1.29 is 4.79 Å². The van der Waals surface area contributed by atoms with E-state index in [0.29, 0.717) is 0 Å².